The van der Waals surface area contributed by atoms with E-state index in [1.165, 1.54) is 37.4 Å². The third-order valence-electron chi connectivity index (χ3n) is 4.37. The summed E-state index contributed by atoms with van der Waals surface area (Å²) in [6, 6.07) is 1.37. The van der Waals surface area contributed by atoms with E-state index in [9.17, 15) is 19.2 Å². The van der Waals surface area contributed by atoms with E-state index in [0.29, 0.717) is 16.1 Å². The van der Waals surface area contributed by atoms with E-state index in [1.807, 2.05) is 0 Å². The zero-order chi connectivity index (χ0) is 19.7. The highest BCUT2D eigenvalue weighted by Gasteiger charge is 2.28. The standard InChI is InChI=1S/C18H19N3O5S/c1-8(22)10-6-12(20-7-10)18(25)26-9(2)16(24)21-17-14(15(19)23)11-4-3-5-13(11)27-17/h6-7,9,20H,3-5H2,1-2H3,(H2,19,23)(H,21,24)/t9-/m0/s1. The first-order valence-electron chi connectivity index (χ1n) is 8.43. The number of thiophene rings is 1. The van der Waals surface area contributed by atoms with Crippen LogP contribution in [-0.4, -0.2) is 34.7 Å². The molecule has 9 heteroatoms. The van der Waals surface area contributed by atoms with Crippen molar-refractivity contribution in [3.8, 4) is 0 Å². The highest BCUT2D eigenvalue weighted by atomic mass is 32.1. The number of ketones is 1. The minimum absolute atomic E-state index is 0.0766. The van der Waals surface area contributed by atoms with Gasteiger partial charge >= 0.3 is 5.97 Å². The van der Waals surface area contributed by atoms with Crippen LogP contribution in [0, 0.1) is 0 Å². The smallest absolute Gasteiger partial charge is 0.355 e. The number of aromatic nitrogens is 1. The summed E-state index contributed by atoms with van der Waals surface area (Å²) in [7, 11) is 0. The molecule has 1 aliphatic carbocycles. The van der Waals surface area contributed by atoms with Gasteiger partial charge in [-0.1, -0.05) is 0 Å². The number of hydrogen-bond donors (Lipinski definition) is 3. The van der Waals surface area contributed by atoms with Crippen LogP contribution in [0.2, 0.25) is 0 Å². The number of ether oxygens (including phenoxy) is 1. The molecule has 0 unspecified atom stereocenters. The molecule has 0 saturated heterocycles. The molecule has 2 amide bonds. The van der Waals surface area contributed by atoms with Crippen molar-refractivity contribution in [2.45, 2.75) is 39.2 Å². The zero-order valence-corrected chi connectivity index (χ0v) is 15.7. The monoisotopic (exact) mass is 389 g/mol. The summed E-state index contributed by atoms with van der Waals surface area (Å²) >= 11 is 1.33. The summed E-state index contributed by atoms with van der Waals surface area (Å²) in [5.41, 5.74) is 7.13. The van der Waals surface area contributed by atoms with Crippen LogP contribution in [-0.2, 0) is 22.4 Å². The third-order valence-corrected chi connectivity index (χ3v) is 5.57. The number of anilines is 1. The maximum atomic E-state index is 12.4. The number of fused-ring (bicyclic) bond motifs is 1. The average molecular weight is 389 g/mol. The lowest BCUT2D eigenvalue weighted by Crippen LogP contribution is -2.30. The van der Waals surface area contributed by atoms with Crippen molar-refractivity contribution in [2.24, 2.45) is 5.73 Å². The predicted molar refractivity (Wildman–Crippen MR) is 99.2 cm³/mol. The molecule has 0 spiro atoms. The van der Waals surface area contributed by atoms with E-state index in [1.54, 1.807) is 0 Å². The molecule has 0 bridgehead atoms. The summed E-state index contributed by atoms with van der Waals surface area (Å²) < 4.78 is 5.14. The van der Waals surface area contributed by atoms with E-state index in [0.717, 1.165) is 29.7 Å². The van der Waals surface area contributed by atoms with Crippen LogP contribution in [0.5, 0.6) is 0 Å². The minimum Gasteiger partial charge on any atom is -0.448 e. The van der Waals surface area contributed by atoms with Crippen LogP contribution in [0.1, 0.15) is 61.9 Å². The van der Waals surface area contributed by atoms with E-state index in [2.05, 4.69) is 10.3 Å². The van der Waals surface area contributed by atoms with Crippen molar-refractivity contribution in [2.75, 3.05) is 5.32 Å². The summed E-state index contributed by atoms with van der Waals surface area (Å²) in [5, 5.41) is 3.03. The fraction of sp³-hybridized carbons (Fsp3) is 0.333. The molecule has 0 radical (unpaired) electrons. The first-order valence-corrected chi connectivity index (χ1v) is 9.25. The number of Topliss-reactive ketones (excluding diaryl/α,β-unsaturated/α-hetero) is 1. The lowest BCUT2D eigenvalue weighted by Gasteiger charge is -2.13. The number of carbonyl (C=O) groups excluding carboxylic acids is 4. The highest BCUT2D eigenvalue weighted by molar-refractivity contribution is 7.17. The van der Waals surface area contributed by atoms with Gasteiger partial charge in [-0.3, -0.25) is 14.4 Å². The summed E-state index contributed by atoms with van der Waals surface area (Å²) in [5.74, 6) is -2.10. The predicted octanol–water partition coefficient (Wildman–Crippen LogP) is 2.05. The van der Waals surface area contributed by atoms with E-state index >= 15 is 0 Å². The van der Waals surface area contributed by atoms with E-state index in [4.69, 9.17) is 10.5 Å². The van der Waals surface area contributed by atoms with Crippen molar-refractivity contribution < 1.29 is 23.9 Å². The summed E-state index contributed by atoms with van der Waals surface area (Å²) in [6.07, 6.45) is 2.87. The van der Waals surface area contributed by atoms with Crippen molar-refractivity contribution in [3.05, 3.63) is 39.5 Å². The molecule has 0 saturated carbocycles. The Morgan fingerprint density at radius 1 is 1.30 bits per heavy atom. The molecule has 142 valence electrons. The van der Waals surface area contributed by atoms with Crippen LogP contribution in [0.3, 0.4) is 0 Å². The Morgan fingerprint density at radius 3 is 2.67 bits per heavy atom. The van der Waals surface area contributed by atoms with Crippen molar-refractivity contribution in [3.63, 3.8) is 0 Å². The molecule has 8 nitrogen and oxygen atoms in total. The molecular weight excluding hydrogens is 370 g/mol. The first-order chi connectivity index (χ1) is 12.8. The van der Waals surface area contributed by atoms with Gasteiger partial charge in [-0.2, -0.15) is 0 Å². The van der Waals surface area contributed by atoms with Crippen molar-refractivity contribution in [1.29, 1.82) is 0 Å². The average Bonchev–Trinajstić information content (AvgIpc) is 3.29. The van der Waals surface area contributed by atoms with Crippen LogP contribution >= 0.6 is 11.3 Å². The molecule has 1 aliphatic rings. The molecule has 0 aliphatic heterocycles. The van der Waals surface area contributed by atoms with Gasteiger partial charge in [0.05, 0.1) is 5.56 Å². The largest absolute Gasteiger partial charge is 0.448 e. The van der Waals surface area contributed by atoms with Gasteiger partial charge in [-0.05, 0) is 44.7 Å². The number of rotatable bonds is 6. The Bertz CT molecular complexity index is 943. The topological polar surface area (TPSA) is 131 Å². The Hall–Kier alpha value is -2.94. The molecule has 1 atom stereocenters. The maximum Gasteiger partial charge on any atom is 0.355 e. The van der Waals surface area contributed by atoms with Crippen molar-refractivity contribution >= 4 is 39.9 Å². The summed E-state index contributed by atoms with van der Waals surface area (Å²) in [6.45, 7) is 2.80. The molecule has 0 aromatic carbocycles. The van der Waals surface area contributed by atoms with Crippen LogP contribution < -0.4 is 11.1 Å². The van der Waals surface area contributed by atoms with E-state index in [-0.39, 0.29) is 11.5 Å². The second-order valence-electron chi connectivity index (χ2n) is 6.32. The fourth-order valence-corrected chi connectivity index (χ4v) is 4.26. The second kappa shape index (κ2) is 7.36. The third kappa shape index (κ3) is 3.77. The number of hydrogen-bond acceptors (Lipinski definition) is 6. The molecule has 2 aromatic rings. The van der Waals surface area contributed by atoms with Gasteiger partial charge in [0.15, 0.2) is 11.9 Å². The lowest BCUT2D eigenvalue weighted by molar-refractivity contribution is -0.123. The van der Waals surface area contributed by atoms with Gasteiger partial charge in [0.1, 0.15) is 10.7 Å². The first kappa shape index (κ1) is 18.8. The number of nitrogens with two attached hydrogens (primary N) is 1. The van der Waals surface area contributed by atoms with Crippen LogP contribution in [0.4, 0.5) is 5.00 Å². The normalized spacial score (nSPS) is 13.7. The number of nitrogens with one attached hydrogen (secondary N) is 2. The second-order valence-corrected chi connectivity index (χ2v) is 7.43. The molecule has 0 fully saturated rings. The number of aromatic amines is 1. The number of primary amides is 1. The summed E-state index contributed by atoms with van der Waals surface area (Å²) in [4.78, 5) is 51.3. The Balaban J connectivity index is 1.68. The van der Waals surface area contributed by atoms with Gasteiger partial charge in [0.25, 0.3) is 11.8 Å². The Kier molecular flexibility index (Phi) is 5.13. The Morgan fingerprint density at radius 2 is 2.04 bits per heavy atom. The SMILES string of the molecule is CC(=O)c1c[nH]c(C(=O)O[C@@H](C)C(=O)Nc2sc3c(c2C(N)=O)CCC3)c1. The quantitative estimate of drug-likeness (QED) is 0.514. The van der Waals surface area contributed by atoms with Gasteiger partial charge in [0.2, 0.25) is 0 Å². The van der Waals surface area contributed by atoms with Crippen LogP contribution in [0.15, 0.2) is 12.3 Å². The van der Waals surface area contributed by atoms with E-state index < -0.39 is 23.9 Å². The number of esters is 1. The molecule has 27 heavy (non-hydrogen) atoms. The fourth-order valence-electron chi connectivity index (χ4n) is 2.96. The number of amides is 2. The number of H-pyrrole nitrogens is 1. The maximum absolute atomic E-state index is 12.4. The number of carbonyl (C=O) groups is 4. The van der Waals surface area contributed by atoms with Crippen molar-refractivity contribution in [1.82, 2.24) is 4.98 Å². The molecule has 2 aromatic heterocycles. The Labute approximate surface area is 159 Å². The van der Waals surface area contributed by atoms with Gasteiger partial charge in [-0.25, -0.2) is 4.79 Å². The molecule has 2 heterocycles. The van der Waals surface area contributed by atoms with Gasteiger partial charge < -0.3 is 20.8 Å². The molecule has 3 rings (SSSR count). The minimum atomic E-state index is -1.10. The van der Waals surface area contributed by atoms with Gasteiger partial charge in [-0.15, -0.1) is 11.3 Å². The molecule has 4 N–H and O–H groups in total. The molecular formula is C18H19N3O5S. The number of aryl methyl sites for hydroxylation is 1. The lowest BCUT2D eigenvalue weighted by atomic mass is 10.1. The highest BCUT2D eigenvalue weighted by Crippen LogP contribution is 2.38. The zero-order valence-electron chi connectivity index (χ0n) is 14.9. The van der Waals surface area contributed by atoms with Crippen LogP contribution in [0.25, 0.3) is 0 Å². The van der Waals surface area contributed by atoms with Gasteiger partial charge in [0, 0.05) is 16.6 Å².